The van der Waals surface area contributed by atoms with Gasteiger partial charge >= 0.3 is 0 Å². The summed E-state index contributed by atoms with van der Waals surface area (Å²) in [6.45, 7) is 12.3. The number of nitrogens with zero attached hydrogens (tertiary/aromatic N) is 5. The molecule has 2 aliphatic heterocycles. The highest BCUT2D eigenvalue weighted by Gasteiger charge is 2.26. The van der Waals surface area contributed by atoms with Crippen LogP contribution in [0.2, 0.25) is 0 Å². The number of benzene rings is 4. The first kappa shape index (κ1) is 46.8. The third-order valence-corrected chi connectivity index (χ3v) is 12.7. The molecule has 4 aromatic heterocycles. The van der Waals surface area contributed by atoms with Gasteiger partial charge in [-0.05, 0) is 113 Å². The van der Waals surface area contributed by atoms with E-state index in [0.717, 1.165) is 68.8 Å². The fourth-order valence-corrected chi connectivity index (χ4v) is 8.88. The minimum atomic E-state index is -0.457. The Kier molecular flexibility index (Phi) is 13.9. The molecule has 0 aliphatic carbocycles. The predicted molar refractivity (Wildman–Crippen MR) is 259 cm³/mol. The lowest BCUT2D eigenvalue weighted by atomic mass is 9.97. The number of aryl methyl sites for hydroxylation is 2. The molecule has 2 fully saturated rings. The topological polar surface area (TPSA) is 171 Å². The van der Waals surface area contributed by atoms with Gasteiger partial charge in [-0.25, -0.2) is 28.7 Å². The molecule has 17 heteroatoms. The first-order valence-corrected chi connectivity index (χ1v) is 23.3. The fraction of sp³-hybridized carbons (Fsp3) is 0.365. The Bertz CT molecular complexity index is 3130. The molecule has 3 N–H and O–H groups in total. The molecule has 8 aromatic rings. The van der Waals surface area contributed by atoms with Crippen molar-refractivity contribution in [3.05, 3.63) is 96.3 Å². The van der Waals surface area contributed by atoms with E-state index < -0.39 is 11.6 Å². The van der Waals surface area contributed by atoms with Gasteiger partial charge in [0.25, 0.3) is 0 Å². The van der Waals surface area contributed by atoms with Crippen LogP contribution in [0.1, 0.15) is 50.9 Å². The van der Waals surface area contributed by atoms with Gasteiger partial charge in [-0.1, -0.05) is 13.8 Å². The predicted octanol–water partition coefficient (Wildman–Crippen LogP) is 10.4. The van der Waals surface area contributed by atoms with E-state index in [1.54, 1.807) is 68.8 Å². The monoisotopic (exact) mass is 942 g/mol. The van der Waals surface area contributed by atoms with Crippen LogP contribution in [0.3, 0.4) is 0 Å². The molecule has 4 aromatic carbocycles. The van der Waals surface area contributed by atoms with E-state index in [9.17, 15) is 4.79 Å². The van der Waals surface area contributed by atoms with Crippen LogP contribution >= 0.6 is 0 Å². The third kappa shape index (κ3) is 10.3. The average Bonchev–Trinajstić information content (AvgIpc) is 3.96. The lowest BCUT2D eigenvalue weighted by Crippen LogP contribution is -2.41. The number of nitrogens with one attached hydrogen (secondary N) is 3. The van der Waals surface area contributed by atoms with Crippen molar-refractivity contribution in [1.29, 1.82) is 0 Å². The Balaban J connectivity index is 0.000000174. The van der Waals surface area contributed by atoms with Gasteiger partial charge in [-0.3, -0.25) is 4.79 Å². The summed E-state index contributed by atoms with van der Waals surface area (Å²) in [7, 11) is 3.15. The number of piperidine rings is 2. The van der Waals surface area contributed by atoms with E-state index in [2.05, 4.69) is 35.2 Å². The molecule has 6 heterocycles. The average molecular weight is 943 g/mol. The molecule has 0 atom stereocenters. The Morgan fingerprint density at radius 3 is 1.54 bits per heavy atom. The second-order valence-electron chi connectivity index (χ2n) is 17.9. The largest absolute Gasteiger partial charge is 0.493 e. The molecule has 1 amide bonds. The molecule has 10 rings (SSSR count). The van der Waals surface area contributed by atoms with Gasteiger partial charge in [0.05, 0.1) is 49.2 Å². The van der Waals surface area contributed by atoms with Crippen LogP contribution in [0, 0.1) is 43.2 Å². The number of hydrogen-bond donors (Lipinski definition) is 3. The van der Waals surface area contributed by atoms with Crippen LogP contribution in [0.5, 0.6) is 46.3 Å². The number of carbonyl (C=O) groups excluding carboxylic acids is 1. The SMILES string of the molecule is COc1cc2c(Oc3ccc4[nH]c(C)cc4c3F)ncnc2cc1OCC1CCN(C(=O)C(C)C)CC1.COc1cc2c(Oc3ccc4[nH]c(C)cc4c3F)ncnc2cc1OCC1CCNCC1. The smallest absolute Gasteiger partial charge is 0.230 e. The van der Waals surface area contributed by atoms with Gasteiger partial charge in [0, 0.05) is 64.3 Å². The number of aromatic amines is 2. The second kappa shape index (κ2) is 20.5. The summed E-state index contributed by atoms with van der Waals surface area (Å²) in [4.78, 5) is 37.6. The highest BCUT2D eigenvalue weighted by Crippen LogP contribution is 2.40. The van der Waals surface area contributed by atoms with Crippen LogP contribution in [-0.4, -0.2) is 94.3 Å². The second-order valence-corrected chi connectivity index (χ2v) is 17.9. The summed E-state index contributed by atoms with van der Waals surface area (Å²) in [6, 6.07) is 17.4. The van der Waals surface area contributed by atoms with E-state index in [1.165, 1.54) is 12.7 Å². The first-order chi connectivity index (χ1) is 33.5. The van der Waals surface area contributed by atoms with Crippen molar-refractivity contribution < 1.29 is 42.0 Å². The van der Waals surface area contributed by atoms with Crippen molar-refractivity contribution in [3.8, 4) is 46.3 Å². The van der Waals surface area contributed by atoms with E-state index in [0.29, 0.717) is 86.1 Å². The molecule has 0 radical (unpaired) electrons. The number of H-pyrrole nitrogens is 2. The lowest BCUT2D eigenvalue weighted by molar-refractivity contribution is -0.136. The number of likely N-dealkylation sites (tertiary alicyclic amines) is 1. The van der Waals surface area contributed by atoms with Gasteiger partial charge in [0.1, 0.15) is 12.7 Å². The first-order valence-electron chi connectivity index (χ1n) is 23.3. The maximum Gasteiger partial charge on any atom is 0.230 e. The van der Waals surface area contributed by atoms with Crippen molar-refractivity contribution in [2.75, 3.05) is 53.6 Å². The Morgan fingerprint density at radius 2 is 1.09 bits per heavy atom. The van der Waals surface area contributed by atoms with Gasteiger partial charge in [0.15, 0.2) is 46.1 Å². The van der Waals surface area contributed by atoms with Gasteiger partial charge in [0.2, 0.25) is 17.7 Å². The molecule has 0 bridgehead atoms. The summed E-state index contributed by atoms with van der Waals surface area (Å²) in [5, 5.41) is 5.49. The highest BCUT2D eigenvalue weighted by molar-refractivity contribution is 5.89. The number of aromatic nitrogens is 6. The molecular weight excluding hydrogens is 887 g/mol. The maximum absolute atomic E-state index is 15.1. The molecule has 15 nitrogen and oxygen atoms in total. The number of hydrogen-bond acceptors (Lipinski definition) is 12. The van der Waals surface area contributed by atoms with Crippen molar-refractivity contribution in [3.63, 3.8) is 0 Å². The van der Waals surface area contributed by atoms with Crippen LogP contribution < -0.4 is 33.7 Å². The molecule has 0 unspecified atom stereocenters. The number of halogens is 2. The van der Waals surface area contributed by atoms with Crippen LogP contribution in [-0.2, 0) is 4.79 Å². The zero-order valence-electron chi connectivity index (χ0n) is 39.6. The molecule has 2 aliphatic rings. The summed E-state index contributed by atoms with van der Waals surface area (Å²) in [6.07, 6.45) is 6.75. The van der Waals surface area contributed by atoms with Crippen molar-refractivity contribution >= 4 is 49.5 Å². The molecular formula is C52H56F2N8O7. The molecule has 360 valence electrons. The van der Waals surface area contributed by atoms with Crippen LogP contribution in [0.25, 0.3) is 43.6 Å². The zero-order chi connectivity index (χ0) is 48.2. The van der Waals surface area contributed by atoms with E-state index in [4.69, 9.17) is 28.4 Å². The van der Waals surface area contributed by atoms with Crippen LogP contribution in [0.4, 0.5) is 8.78 Å². The molecule has 0 spiro atoms. The summed E-state index contributed by atoms with van der Waals surface area (Å²) in [5.41, 5.74) is 4.40. The van der Waals surface area contributed by atoms with E-state index >= 15 is 8.78 Å². The maximum atomic E-state index is 15.1. The Morgan fingerprint density at radius 1 is 0.623 bits per heavy atom. The van der Waals surface area contributed by atoms with Gasteiger partial charge in [-0.15, -0.1) is 0 Å². The number of rotatable bonds is 13. The summed E-state index contributed by atoms with van der Waals surface area (Å²) < 4.78 is 65.3. The lowest BCUT2D eigenvalue weighted by Gasteiger charge is -2.33. The highest BCUT2D eigenvalue weighted by atomic mass is 19.1. The quantitative estimate of drug-likeness (QED) is 0.100. The number of carbonyl (C=O) groups is 1. The zero-order valence-corrected chi connectivity index (χ0v) is 39.6. The number of amides is 1. The van der Waals surface area contributed by atoms with E-state index in [-0.39, 0.29) is 35.1 Å². The fourth-order valence-electron chi connectivity index (χ4n) is 8.88. The van der Waals surface area contributed by atoms with Crippen molar-refractivity contribution in [1.82, 2.24) is 40.1 Å². The Hall–Kier alpha value is -7.27. The molecule has 0 saturated carbocycles. The minimum absolute atomic E-state index is 0.0164. The summed E-state index contributed by atoms with van der Waals surface area (Å²) >= 11 is 0. The van der Waals surface area contributed by atoms with Gasteiger partial charge < -0.3 is 48.6 Å². The van der Waals surface area contributed by atoms with Gasteiger partial charge in [-0.2, -0.15) is 0 Å². The Labute approximate surface area is 397 Å². The van der Waals surface area contributed by atoms with Crippen LogP contribution in [0.15, 0.2) is 73.3 Å². The number of methoxy groups -OCH3 is 2. The van der Waals surface area contributed by atoms with Crippen molar-refractivity contribution in [2.45, 2.75) is 53.4 Å². The minimum Gasteiger partial charge on any atom is -0.493 e. The number of ether oxygens (including phenoxy) is 6. The molecule has 2 saturated heterocycles. The number of fused-ring (bicyclic) bond motifs is 4. The standard InChI is InChI=1S/C28H31FN4O4.C24H25FN4O3/c1-16(2)28(34)33-9-7-18(8-10-33)14-36-25-13-22-20(12-24(25)35-4)27(31-15-30-22)37-23-6-5-21-19(26(23)29)11-17(3)32-21;1-14-9-16-18(29-14)3-4-20(23(16)25)32-24-17-10-21(30-2)22(11-19(17)27-13-28-24)31-12-15-5-7-26-8-6-15/h5-6,11-13,15-16,18,32H,7-10,14H2,1-4H3;3-4,9-11,13,15,26,29H,5-8,12H2,1-2H3. The summed E-state index contributed by atoms with van der Waals surface area (Å²) in [5.74, 6) is 3.09. The molecule has 69 heavy (non-hydrogen) atoms. The third-order valence-electron chi connectivity index (χ3n) is 12.7. The van der Waals surface area contributed by atoms with Crippen molar-refractivity contribution in [2.24, 2.45) is 17.8 Å². The normalized spacial score (nSPS) is 14.6. The van der Waals surface area contributed by atoms with E-state index in [1.807, 2.05) is 38.7 Å².